The van der Waals surface area contributed by atoms with Crippen molar-refractivity contribution in [3.8, 4) is 11.5 Å². The van der Waals surface area contributed by atoms with Gasteiger partial charge in [-0.05, 0) is 58.7 Å². The lowest BCUT2D eigenvalue weighted by molar-refractivity contribution is 0.0765. The van der Waals surface area contributed by atoms with Crippen molar-refractivity contribution in [3.63, 3.8) is 0 Å². The molecule has 7 heteroatoms. The molecule has 2 heterocycles. The molecule has 27 heavy (non-hydrogen) atoms. The van der Waals surface area contributed by atoms with E-state index in [4.69, 9.17) is 9.47 Å². The molecule has 0 spiro atoms. The summed E-state index contributed by atoms with van der Waals surface area (Å²) in [7, 11) is 0. The number of carbonyl (C=O) groups excluding carboxylic acids is 1. The van der Waals surface area contributed by atoms with Gasteiger partial charge >= 0.3 is 0 Å². The van der Waals surface area contributed by atoms with Crippen LogP contribution >= 0.6 is 15.9 Å². The number of nitrogens with zero attached hydrogens (tertiary/aromatic N) is 2. The summed E-state index contributed by atoms with van der Waals surface area (Å²) in [5.41, 5.74) is 1.56. The summed E-state index contributed by atoms with van der Waals surface area (Å²) in [4.78, 5) is 17.1. The quantitative estimate of drug-likeness (QED) is 0.722. The molecule has 2 aromatic rings. The second-order valence-corrected chi connectivity index (χ2v) is 7.45. The largest absolute Gasteiger partial charge is 0.486 e. The van der Waals surface area contributed by atoms with Crippen molar-refractivity contribution in [1.82, 2.24) is 4.90 Å². The molecule has 142 valence electrons. The van der Waals surface area contributed by atoms with Crippen molar-refractivity contribution in [1.29, 1.82) is 0 Å². The summed E-state index contributed by atoms with van der Waals surface area (Å²) in [6, 6.07) is 10.0. The molecular weight excluding hydrogens is 415 g/mol. The van der Waals surface area contributed by atoms with Crippen LogP contribution < -0.4 is 14.4 Å². The highest BCUT2D eigenvalue weighted by Crippen LogP contribution is 2.38. The zero-order chi connectivity index (χ0) is 18.8. The van der Waals surface area contributed by atoms with Gasteiger partial charge in [0.25, 0.3) is 5.91 Å². The average molecular weight is 435 g/mol. The summed E-state index contributed by atoms with van der Waals surface area (Å²) >= 11 is 3.47. The normalized spacial score (nSPS) is 16.8. The maximum Gasteiger partial charge on any atom is 0.254 e. The van der Waals surface area contributed by atoms with Crippen LogP contribution in [0.5, 0.6) is 11.5 Å². The molecule has 1 amide bonds. The number of hydrogen-bond acceptors (Lipinski definition) is 4. The molecule has 0 aromatic heterocycles. The van der Waals surface area contributed by atoms with Gasteiger partial charge < -0.3 is 19.3 Å². The van der Waals surface area contributed by atoms with E-state index in [0.717, 1.165) is 23.1 Å². The summed E-state index contributed by atoms with van der Waals surface area (Å²) in [5, 5.41) is 0. The smallest absolute Gasteiger partial charge is 0.254 e. The third-order valence-electron chi connectivity index (χ3n) is 4.82. The van der Waals surface area contributed by atoms with E-state index in [1.54, 1.807) is 24.3 Å². The SMILES string of the molecule is O=C(c1cc(Br)c2c(c1)OCCO2)N1CCCN(c2ccc(F)cc2)CC1. The number of halogens is 2. The van der Waals surface area contributed by atoms with E-state index in [1.807, 2.05) is 4.90 Å². The van der Waals surface area contributed by atoms with Crippen molar-refractivity contribution in [2.24, 2.45) is 0 Å². The fraction of sp³-hybridized carbons (Fsp3) is 0.350. The van der Waals surface area contributed by atoms with Gasteiger partial charge in [0.05, 0.1) is 4.47 Å². The number of amides is 1. The van der Waals surface area contributed by atoms with E-state index >= 15 is 0 Å². The van der Waals surface area contributed by atoms with Crippen LogP contribution in [0.1, 0.15) is 16.8 Å². The van der Waals surface area contributed by atoms with Gasteiger partial charge in [-0.15, -0.1) is 0 Å². The third kappa shape index (κ3) is 3.88. The maximum atomic E-state index is 13.1. The van der Waals surface area contributed by atoms with Gasteiger partial charge in [0.2, 0.25) is 0 Å². The molecule has 0 N–H and O–H groups in total. The van der Waals surface area contributed by atoms with Gasteiger partial charge in [0.1, 0.15) is 19.0 Å². The van der Waals surface area contributed by atoms with Crippen LogP contribution in [0.3, 0.4) is 0 Å². The minimum atomic E-state index is -0.241. The lowest BCUT2D eigenvalue weighted by Crippen LogP contribution is -2.35. The van der Waals surface area contributed by atoms with Crippen LogP contribution in [0.25, 0.3) is 0 Å². The molecule has 0 radical (unpaired) electrons. The Labute approximate surface area is 165 Å². The molecule has 0 atom stereocenters. The van der Waals surface area contributed by atoms with E-state index in [1.165, 1.54) is 12.1 Å². The van der Waals surface area contributed by atoms with E-state index in [2.05, 4.69) is 20.8 Å². The van der Waals surface area contributed by atoms with Crippen molar-refractivity contribution in [2.75, 3.05) is 44.3 Å². The Morgan fingerprint density at radius 3 is 2.59 bits per heavy atom. The Balaban J connectivity index is 1.48. The van der Waals surface area contributed by atoms with Gasteiger partial charge in [-0.2, -0.15) is 0 Å². The van der Waals surface area contributed by atoms with Crippen molar-refractivity contribution in [3.05, 3.63) is 52.3 Å². The monoisotopic (exact) mass is 434 g/mol. The fourth-order valence-electron chi connectivity index (χ4n) is 3.45. The third-order valence-corrected chi connectivity index (χ3v) is 5.41. The second kappa shape index (κ2) is 7.76. The molecular formula is C20H20BrFN2O3. The van der Waals surface area contributed by atoms with Crippen LogP contribution in [0.2, 0.25) is 0 Å². The highest BCUT2D eigenvalue weighted by molar-refractivity contribution is 9.10. The number of benzene rings is 2. The predicted molar refractivity (Wildman–Crippen MR) is 104 cm³/mol. The van der Waals surface area contributed by atoms with Gasteiger partial charge in [-0.3, -0.25) is 4.79 Å². The topological polar surface area (TPSA) is 42.0 Å². The molecule has 5 nitrogen and oxygen atoms in total. The zero-order valence-corrected chi connectivity index (χ0v) is 16.4. The minimum absolute atomic E-state index is 0.0198. The first kappa shape index (κ1) is 18.1. The standard InChI is InChI=1S/C20H20BrFN2O3/c21-17-12-14(13-18-19(17)27-11-10-26-18)20(25)24-7-1-6-23(8-9-24)16-4-2-15(22)3-5-16/h2-5,12-13H,1,6-11H2. The first-order valence-electron chi connectivity index (χ1n) is 9.01. The highest BCUT2D eigenvalue weighted by Gasteiger charge is 2.24. The molecule has 2 aliphatic rings. The Morgan fingerprint density at radius 2 is 1.78 bits per heavy atom. The summed E-state index contributed by atoms with van der Waals surface area (Å²) < 4.78 is 25.1. The van der Waals surface area contributed by atoms with Crippen LogP contribution in [0, 0.1) is 5.82 Å². The Kier molecular flexibility index (Phi) is 5.20. The lowest BCUT2D eigenvalue weighted by Gasteiger charge is -2.25. The Bertz CT molecular complexity index is 844. The highest BCUT2D eigenvalue weighted by atomic mass is 79.9. The van der Waals surface area contributed by atoms with Crippen molar-refractivity contribution >= 4 is 27.5 Å². The van der Waals surface area contributed by atoms with Gasteiger partial charge in [-0.1, -0.05) is 0 Å². The van der Waals surface area contributed by atoms with Crippen LogP contribution in [0.4, 0.5) is 10.1 Å². The first-order chi connectivity index (χ1) is 13.1. The first-order valence-corrected chi connectivity index (χ1v) is 9.80. The summed E-state index contributed by atoms with van der Waals surface area (Å²) in [6.45, 7) is 3.83. The molecule has 2 aliphatic heterocycles. The molecule has 2 aromatic carbocycles. The predicted octanol–water partition coefficient (Wildman–Crippen LogP) is 3.71. The zero-order valence-electron chi connectivity index (χ0n) is 14.8. The number of ether oxygens (including phenoxy) is 2. The van der Waals surface area contributed by atoms with E-state index in [-0.39, 0.29) is 11.7 Å². The number of fused-ring (bicyclic) bond motifs is 1. The van der Waals surface area contributed by atoms with E-state index in [0.29, 0.717) is 49.9 Å². The van der Waals surface area contributed by atoms with Crippen LogP contribution in [0.15, 0.2) is 40.9 Å². The number of carbonyl (C=O) groups is 1. The van der Waals surface area contributed by atoms with Gasteiger partial charge in [0, 0.05) is 37.4 Å². The lowest BCUT2D eigenvalue weighted by atomic mass is 10.1. The average Bonchev–Trinajstić information content (AvgIpc) is 2.94. The van der Waals surface area contributed by atoms with Crippen molar-refractivity contribution < 1.29 is 18.7 Å². The van der Waals surface area contributed by atoms with Gasteiger partial charge in [-0.25, -0.2) is 4.39 Å². The number of anilines is 1. The molecule has 0 aliphatic carbocycles. The summed E-state index contributed by atoms with van der Waals surface area (Å²) in [5.74, 6) is 0.987. The number of rotatable bonds is 2. The summed E-state index contributed by atoms with van der Waals surface area (Å²) in [6.07, 6.45) is 0.856. The van der Waals surface area contributed by atoms with Crippen LogP contribution in [-0.4, -0.2) is 50.2 Å². The molecule has 0 saturated carbocycles. The van der Waals surface area contributed by atoms with Gasteiger partial charge in [0.15, 0.2) is 11.5 Å². The Hall–Kier alpha value is -2.28. The maximum absolute atomic E-state index is 13.1. The molecule has 1 fully saturated rings. The molecule has 0 bridgehead atoms. The van der Waals surface area contributed by atoms with Crippen molar-refractivity contribution in [2.45, 2.75) is 6.42 Å². The number of hydrogen-bond donors (Lipinski definition) is 0. The van der Waals surface area contributed by atoms with E-state index in [9.17, 15) is 9.18 Å². The molecule has 0 unspecified atom stereocenters. The molecule has 4 rings (SSSR count). The minimum Gasteiger partial charge on any atom is -0.486 e. The van der Waals surface area contributed by atoms with E-state index < -0.39 is 0 Å². The van der Waals surface area contributed by atoms with Crippen LogP contribution in [-0.2, 0) is 0 Å². The fourth-order valence-corrected chi connectivity index (χ4v) is 4.00. The second-order valence-electron chi connectivity index (χ2n) is 6.59. The molecule has 1 saturated heterocycles. The Morgan fingerprint density at radius 1 is 1.00 bits per heavy atom.